The van der Waals surface area contributed by atoms with Gasteiger partial charge in [0.25, 0.3) is 0 Å². The van der Waals surface area contributed by atoms with Crippen LogP contribution in [-0.4, -0.2) is 11.0 Å². The minimum absolute atomic E-state index is 0.107. The monoisotopic (exact) mass is 399 g/mol. The Morgan fingerprint density at radius 2 is 1.75 bits per heavy atom. The smallest absolute Gasteiger partial charge is 0.305 e. The molecule has 3 aromatic rings. The van der Waals surface area contributed by atoms with Crippen molar-refractivity contribution in [3.8, 4) is 5.75 Å². The maximum atomic E-state index is 12.9. The summed E-state index contributed by atoms with van der Waals surface area (Å²) in [6.07, 6.45) is 0. The summed E-state index contributed by atoms with van der Waals surface area (Å²) in [6, 6.07) is 18.5. The van der Waals surface area contributed by atoms with Crippen LogP contribution in [0.15, 0.2) is 71.1 Å². The van der Waals surface area contributed by atoms with E-state index in [0.717, 1.165) is 5.56 Å². The highest BCUT2D eigenvalue weighted by atomic mass is 32.1. The second-order valence-electron chi connectivity index (χ2n) is 5.76. The van der Waals surface area contributed by atoms with E-state index in [4.69, 9.17) is 21.4 Å². The lowest BCUT2D eigenvalue weighted by atomic mass is 10.2. The SMILES string of the molecule is O=C(NNC(=S)NCc1ccccc1)c1ccc(COc2ccc(F)cc2)o1. The van der Waals surface area contributed by atoms with Crippen LogP contribution in [0.25, 0.3) is 0 Å². The third kappa shape index (κ3) is 5.82. The fraction of sp³-hybridized carbons (Fsp3) is 0.100. The Balaban J connectivity index is 1.42. The molecule has 0 atom stereocenters. The molecule has 0 saturated carbocycles. The van der Waals surface area contributed by atoms with E-state index >= 15 is 0 Å². The van der Waals surface area contributed by atoms with Crippen LogP contribution < -0.4 is 20.9 Å². The second kappa shape index (κ2) is 9.52. The maximum Gasteiger partial charge on any atom is 0.305 e. The first-order valence-electron chi connectivity index (χ1n) is 8.45. The second-order valence-corrected chi connectivity index (χ2v) is 6.16. The molecule has 0 aliphatic carbocycles. The first-order valence-corrected chi connectivity index (χ1v) is 8.86. The lowest BCUT2D eigenvalue weighted by Crippen LogP contribution is -2.46. The molecule has 1 heterocycles. The minimum Gasteiger partial charge on any atom is -0.486 e. The summed E-state index contributed by atoms with van der Waals surface area (Å²) in [5, 5.41) is 3.26. The van der Waals surface area contributed by atoms with Crippen molar-refractivity contribution in [1.29, 1.82) is 0 Å². The molecule has 28 heavy (non-hydrogen) atoms. The summed E-state index contributed by atoms with van der Waals surface area (Å²) in [5.41, 5.74) is 6.14. The van der Waals surface area contributed by atoms with Gasteiger partial charge in [0.15, 0.2) is 10.9 Å². The number of ether oxygens (including phenoxy) is 1. The van der Waals surface area contributed by atoms with Gasteiger partial charge in [0.05, 0.1) is 0 Å². The Labute approximate surface area is 166 Å². The molecule has 6 nitrogen and oxygen atoms in total. The van der Waals surface area contributed by atoms with Crippen molar-refractivity contribution in [3.05, 3.63) is 89.6 Å². The number of furan rings is 1. The van der Waals surface area contributed by atoms with Crippen molar-refractivity contribution >= 4 is 23.2 Å². The zero-order valence-electron chi connectivity index (χ0n) is 14.8. The van der Waals surface area contributed by atoms with Crippen molar-refractivity contribution in [3.63, 3.8) is 0 Å². The summed E-state index contributed by atoms with van der Waals surface area (Å²) in [4.78, 5) is 12.1. The third-order valence-electron chi connectivity index (χ3n) is 3.67. The zero-order valence-corrected chi connectivity index (χ0v) is 15.6. The van der Waals surface area contributed by atoms with Gasteiger partial charge >= 0.3 is 5.91 Å². The lowest BCUT2D eigenvalue weighted by molar-refractivity contribution is 0.0911. The van der Waals surface area contributed by atoms with Crippen LogP contribution in [0.2, 0.25) is 0 Å². The average molecular weight is 399 g/mol. The Kier molecular flexibility index (Phi) is 6.59. The third-order valence-corrected chi connectivity index (χ3v) is 3.91. The summed E-state index contributed by atoms with van der Waals surface area (Å²) >= 11 is 5.12. The van der Waals surface area contributed by atoms with Crippen LogP contribution in [0.3, 0.4) is 0 Å². The molecule has 3 rings (SSSR count). The van der Waals surface area contributed by atoms with Crippen LogP contribution in [0.5, 0.6) is 5.75 Å². The molecule has 1 amide bonds. The van der Waals surface area contributed by atoms with Gasteiger partial charge < -0.3 is 14.5 Å². The van der Waals surface area contributed by atoms with Gasteiger partial charge in [-0.3, -0.25) is 15.6 Å². The Hall–Kier alpha value is -3.39. The number of halogens is 1. The van der Waals surface area contributed by atoms with Crippen LogP contribution in [0, 0.1) is 5.82 Å². The number of rotatable bonds is 6. The fourth-order valence-electron chi connectivity index (χ4n) is 2.26. The van der Waals surface area contributed by atoms with E-state index in [1.165, 1.54) is 30.3 Å². The standard InChI is InChI=1S/C20H18FN3O3S/c21-15-6-8-16(9-7-15)26-13-17-10-11-18(27-17)19(25)23-24-20(28)22-12-14-4-2-1-3-5-14/h1-11H,12-13H2,(H,23,25)(H2,22,24,28). The van der Waals surface area contributed by atoms with E-state index in [2.05, 4.69) is 16.2 Å². The minimum atomic E-state index is -0.475. The van der Waals surface area contributed by atoms with Crippen LogP contribution in [-0.2, 0) is 13.2 Å². The number of carbonyl (C=O) groups is 1. The molecular weight excluding hydrogens is 381 g/mol. The number of thiocarbonyl (C=S) groups is 1. The topological polar surface area (TPSA) is 75.5 Å². The molecule has 0 aliphatic heterocycles. The fourth-order valence-corrected chi connectivity index (χ4v) is 2.38. The van der Waals surface area contributed by atoms with Gasteiger partial charge in [-0.15, -0.1) is 0 Å². The molecule has 0 aliphatic rings. The number of hydrogen-bond donors (Lipinski definition) is 3. The number of benzene rings is 2. The summed E-state index contributed by atoms with van der Waals surface area (Å²) in [6.45, 7) is 0.650. The molecule has 8 heteroatoms. The van der Waals surface area contributed by atoms with Gasteiger partial charge in [-0.25, -0.2) is 4.39 Å². The van der Waals surface area contributed by atoms with Gasteiger partial charge in [-0.05, 0) is 54.2 Å². The first-order chi connectivity index (χ1) is 13.6. The van der Waals surface area contributed by atoms with Crippen LogP contribution in [0.1, 0.15) is 21.9 Å². The highest BCUT2D eigenvalue weighted by Crippen LogP contribution is 2.15. The molecule has 2 aromatic carbocycles. The number of hydrogen-bond acceptors (Lipinski definition) is 4. The molecule has 0 fully saturated rings. The molecule has 144 valence electrons. The van der Waals surface area contributed by atoms with Gasteiger partial charge in [-0.1, -0.05) is 30.3 Å². The number of hydrazine groups is 1. The van der Waals surface area contributed by atoms with Crippen molar-refractivity contribution < 1.29 is 18.3 Å². The van der Waals surface area contributed by atoms with E-state index in [9.17, 15) is 9.18 Å². The molecule has 3 N–H and O–H groups in total. The van der Waals surface area contributed by atoms with E-state index in [1.54, 1.807) is 6.07 Å². The number of nitrogens with one attached hydrogen (secondary N) is 3. The van der Waals surface area contributed by atoms with Crippen molar-refractivity contribution in [2.24, 2.45) is 0 Å². The van der Waals surface area contributed by atoms with E-state index < -0.39 is 5.91 Å². The molecular formula is C20H18FN3O3S. The molecule has 0 bridgehead atoms. The van der Waals surface area contributed by atoms with Gasteiger partial charge in [0, 0.05) is 6.54 Å². The highest BCUT2D eigenvalue weighted by Gasteiger charge is 2.12. The van der Waals surface area contributed by atoms with E-state index in [0.29, 0.717) is 18.1 Å². The Morgan fingerprint density at radius 1 is 1.00 bits per heavy atom. The Bertz CT molecular complexity index is 929. The molecule has 0 unspecified atom stereocenters. The van der Waals surface area contributed by atoms with E-state index in [-0.39, 0.29) is 23.3 Å². The average Bonchev–Trinajstić information content (AvgIpc) is 3.20. The normalized spacial score (nSPS) is 10.2. The van der Waals surface area contributed by atoms with Gasteiger partial charge in [-0.2, -0.15) is 0 Å². The van der Waals surface area contributed by atoms with E-state index in [1.807, 2.05) is 30.3 Å². The van der Waals surface area contributed by atoms with Gasteiger partial charge in [0.1, 0.15) is 23.9 Å². The van der Waals surface area contributed by atoms with Crippen molar-refractivity contribution in [2.45, 2.75) is 13.2 Å². The first kappa shape index (κ1) is 19.4. The highest BCUT2D eigenvalue weighted by molar-refractivity contribution is 7.80. The Morgan fingerprint density at radius 3 is 2.50 bits per heavy atom. The molecule has 0 saturated heterocycles. The molecule has 0 spiro atoms. The van der Waals surface area contributed by atoms with Crippen molar-refractivity contribution in [1.82, 2.24) is 16.2 Å². The molecule has 0 radical (unpaired) electrons. The number of amides is 1. The number of carbonyl (C=O) groups excluding carboxylic acids is 1. The summed E-state index contributed by atoms with van der Waals surface area (Å²) < 4.78 is 23.8. The van der Waals surface area contributed by atoms with Gasteiger partial charge in [0.2, 0.25) is 0 Å². The van der Waals surface area contributed by atoms with Crippen molar-refractivity contribution in [2.75, 3.05) is 0 Å². The van der Waals surface area contributed by atoms with Crippen LogP contribution in [0.4, 0.5) is 4.39 Å². The zero-order chi connectivity index (χ0) is 19.8. The lowest BCUT2D eigenvalue weighted by Gasteiger charge is -2.10. The summed E-state index contributed by atoms with van der Waals surface area (Å²) in [7, 11) is 0. The quantitative estimate of drug-likeness (QED) is 0.436. The molecule has 1 aromatic heterocycles. The predicted octanol–water partition coefficient (Wildman–Crippen LogP) is 3.31. The maximum absolute atomic E-state index is 12.9. The summed E-state index contributed by atoms with van der Waals surface area (Å²) in [5.74, 6) is 0.250. The predicted molar refractivity (Wildman–Crippen MR) is 106 cm³/mol. The largest absolute Gasteiger partial charge is 0.486 e. The van der Waals surface area contributed by atoms with Crippen LogP contribution >= 0.6 is 12.2 Å².